The predicted octanol–water partition coefficient (Wildman–Crippen LogP) is 5.32. The van der Waals surface area contributed by atoms with Gasteiger partial charge in [0.15, 0.2) is 0 Å². The first-order valence-corrected chi connectivity index (χ1v) is 10.7. The summed E-state index contributed by atoms with van der Waals surface area (Å²) >= 11 is 0. The van der Waals surface area contributed by atoms with Gasteiger partial charge in [0.05, 0.1) is 25.9 Å². The monoisotopic (exact) mass is 417 g/mol. The van der Waals surface area contributed by atoms with Gasteiger partial charge in [-0.1, -0.05) is 91.0 Å². The Labute approximate surface area is 184 Å². The van der Waals surface area contributed by atoms with Crippen LogP contribution in [0.25, 0.3) is 0 Å². The van der Waals surface area contributed by atoms with Crippen molar-refractivity contribution in [3.63, 3.8) is 0 Å². The van der Waals surface area contributed by atoms with E-state index in [2.05, 4.69) is 36.4 Å². The summed E-state index contributed by atoms with van der Waals surface area (Å²) in [6, 6.07) is 30.4. The Kier molecular flexibility index (Phi) is 7.86. The van der Waals surface area contributed by atoms with Crippen LogP contribution in [0.2, 0.25) is 0 Å². The molecule has 1 saturated heterocycles. The van der Waals surface area contributed by atoms with Crippen molar-refractivity contribution < 1.29 is 18.9 Å². The minimum absolute atomic E-state index is 0.138. The Morgan fingerprint density at radius 2 is 1.00 bits per heavy atom. The molecule has 0 aliphatic carbocycles. The van der Waals surface area contributed by atoms with Crippen LogP contribution >= 0.6 is 0 Å². The zero-order valence-electron chi connectivity index (χ0n) is 17.8. The van der Waals surface area contributed by atoms with Gasteiger partial charge in [0.2, 0.25) is 0 Å². The van der Waals surface area contributed by atoms with Crippen molar-refractivity contribution in [2.75, 3.05) is 0 Å². The minimum Gasteiger partial charge on any atom is -0.368 e. The van der Waals surface area contributed by atoms with Crippen LogP contribution in [-0.2, 0) is 38.8 Å². The molecule has 0 spiro atoms. The van der Waals surface area contributed by atoms with Gasteiger partial charge in [-0.05, 0) is 23.6 Å². The first-order chi connectivity index (χ1) is 15.3. The van der Waals surface area contributed by atoms with Gasteiger partial charge in [0.25, 0.3) is 0 Å². The maximum atomic E-state index is 6.38. The van der Waals surface area contributed by atoms with Crippen LogP contribution in [0.15, 0.2) is 91.0 Å². The lowest BCUT2D eigenvalue weighted by Gasteiger charge is -2.40. The zero-order valence-corrected chi connectivity index (χ0v) is 17.8. The van der Waals surface area contributed by atoms with E-state index in [0.29, 0.717) is 19.8 Å². The van der Waals surface area contributed by atoms with Crippen LogP contribution in [0, 0.1) is 6.61 Å². The van der Waals surface area contributed by atoms with Crippen LogP contribution < -0.4 is 0 Å². The van der Waals surface area contributed by atoms with Crippen LogP contribution in [0.5, 0.6) is 0 Å². The van der Waals surface area contributed by atoms with Gasteiger partial charge in [0.1, 0.15) is 24.9 Å². The third-order valence-corrected chi connectivity index (χ3v) is 5.39. The molecule has 0 N–H and O–H groups in total. The maximum absolute atomic E-state index is 6.38. The summed E-state index contributed by atoms with van der Waals surface area (Å²) < 4.78 is 24.8. The molecule has 3 aromatic carbocycles. The molecule has 1 aliphatic rings. The Morgan fingerprint density at radius 3 is 1.48 bits per heavy atom. The highest BCUT2D eigenvalue weighted by Crippen LogP contribution is 2.28. The van der Waals surface area contributed by atoms with Crippen molar-refractivity contribution >= 4 is 0 Å². The summed E-state index contributed by atoms with van der Waals surface area (Å²) in [5.74, 6) is 0. The van der Waals surface area contributed by atoms with Crippen molar-refractivity contribution in [3.8, 4) is 0 Å². The van der Waals surface area contributed by atoms with Gasteiger partial charge in [-0.2, -0.15) is 0 Å². The fourth-order valence-corrected chi connectivity index (χ4v) is 3.66. The average molecular weight is 418 g/mol. The molecule has 0 unspecified atom stereocenters. The minimum atomic E-state index is -0.333. The van der Waals surface area contributed by atoms with Gasteiger partial charge in [-0.15, -0.1) is 0 Å². The average Bonchev–Trinajstić information content (AvgIpc) is 2.83. The highest BCUT2D eigenvalue weighted by Gasteiger charge is 2.41. The lowest BCUT2D eigenvalue weighted by atomic mass is 10.00. The van der Waals surface area contributed by atoms with Crippen LogP contribution in [0.4, 0.5) is 0 Å². The second-order valence-electron chi connectivity index (χ2n) is 7.76. The second kappa shape index (κ2) is 11.2. The largest absolute Gasteiger partial charge is 0.368 e. The normalized spacial score (nSPS) is 23.5. The SMILES string of the molecule is C[C@@H]1O[CH][C@@H](OCc2ccccc2)[C@H](OCc2ccccc2)[C@@H]1OCc1ccccc1. The molecule has 1 aliphatic heterocycles. The highest BCUT2D eigenvalue weighted by atomic mass is 16.6. The summed E-state index contributed by atoms with van der Waals surface area (Å²) in [6.45, 7) is 5.23. The lowest BCUT2D eigenvalue weighted by molar-refractivity contribution is -0.214. The highest BCUT2D eigenvalue weighted by molar-refractivity contribution is 5.15. The van der Waals surface area contributed by atoms with Crippen LogP contribution in [0.3, 0.4) is 0 Å². The molecule has 0 saturated carbocycles. The quantitative estimate of drug-likeness (QED) is 0.472. The number of hydrogen-bond donors (Lipinski definition) is 0. The van der Waals surface area contributed by atoms with E-state index in [-0.39, 0.29) is 24.4 Å². The topological polar surface area (TPSA) is 36.9 Å². The van der Waals surface area contributed by atoms with E-state index in [1.807, 2.05) is 61.5 Å². The molecule has 31 heavy (non-hydrogen) atoms. The molecule has 3 aromatic rings. The lowest BCUT2D eigenvalue weighted by Crippen LogP contribution is -2.53. The summed E-state index contributed by atoms with van der Waals surface area (Å²) in [5, 5.41) is 0. The third-order valence-electron chi connectivity index (χ3n) is 5.39. The van der Waals surface area contributed by atoms with E-state index in [0.717, 1.165) is 16.7 Å². The van der Waals surface area contributed by atoms with E-state index in [9.17, 15) is 0 Å². The Balaban J connectivity index is 1.46. The second-order valence-corrected chi connectivity index (χ2v) is 7.76. The fourth-order valence-electron chi connectivity index (χ4n) is 3.66. The molecular weight excluding hydrogens is 388 g/mol. The molecular formula is C27H29O4. The smallest absolute Gasteiger partial charge is 0.116 e. The molecule has 0 aromatic heterocycles. The Bertz CT molecular complexity index is 885. The maximum Gasteiger partial charge on any atom is 0.116 e. The number of rotatable bonds is 9. The van der Waals surface area contributed by atoms with Gasteiger partial charge >= 0.3 is 0 Å². The molecule has 161 valence electrons. The molecule has 4 rings (SSSR count). The molecule has 1 radical (unpaired) electrons. The molecule has 0 amide bonds. The summed E-state index contributed by atoms with van der Waals surface area (Å²) in [7, 11) is 0. The summed E-state index contributed by atoms with van der Waals surface area (Å²) in [5.41, 5.74) is 3.34. The van der Waals surface area contributed by atoms with Crippen LogP contribution in [-0.4, -0.2) is 24.4 Å². The van der Waals surface area contributed by atoms with Crippen molar-refractivity contribution in [1.82, 2.24) is 0 Å². The first-order valence-electron chi connectivity index (χ1n) is 10.7. The van der Waals surface area contributed by atoms with E-state index in [1.165, 1.54) is 0 Å². The van der Waals surface area contributed by atoms with E-state index in [1.54, 1.807) is 6.61 Å². The van der Waals surface area contributed by atoms with Gasteiger partial charge in [-0.25, -0.2) is 0 Å². The molecule has 1 fully saturated rings. The molecule has 4 heteroatoms. The Hall–Kier alpha value is -2.50. The van der Waals surface area contributed by atoms with E-state index >= 15 is 0 Å². The van der Waals surface area contributed by atoms with Crippen molar-refractivity contribution in [3.05, 3.63) is 114 Å². The third kappa shape index (κ3) is 6.25. The number of hydrogen-bond acceptors (Lipinski definition) is 4. The predicted molar refractivity (Wildman–Crippen MR) is 120 cm³/mol. The summed E-state index contributed by atoms with van der Waals surface area (Å²) in [4.78, 5) is 0. The van der Waals surface area contributed by atoms with Crippen molar-refractivity contribution in [1.29, 1.82) is 0 Å². The van der Waals surface area contributed by atoms with Crippen LogP contribution in [0.1, 0.15) is 23.6 Å². The van der Waals surface area contributed by atoms with Gasteiger partial charge in [-0.3, -0.25) is 0 Å². The molecule has 4 atom stereocenters. The van der Waals surface area contributed by atoms with Gasteiger partial charge < -0.3 is 18.9 Å². The molecule has 1 heterocycles. The first kappa shape index (κ1) is 21.7. The molecule has 0 bridgehead atoms. The number of ether oxygens (including phenoxy) is 4. The van der Waals surface area contributed by atoms with E-state index < -0.39 is 0 Å². The van der Waals surface area contributed by atoms with Crippen molar-refractivity contribution in [2.24, 2.45) is 0 Å². The van der Waals surface area contributed by atoms with Crippen molar-refractivity contribution in [2.45, 2.75) is 51.2 Å². The standard InChI is InChI=1S/C27H29O4/c1-21-26(30-18-23-13-7-3-8-14-23)27(31-19-24-15-9-4-10-16-24)25(20-28-21)29-17-22-11-5-2-6-12-22/h2-16,20-21,25-27H,17-19H2,1H3/t21-,25+,26+,27-/m0/s1. The summed E-state index contributed by atoms with van der Waals surface area (Å²) in [6.07, 6.45) is -1.01. The fraction of sp³-hybridized carbons (Fsp3) is 0.296. The Morgan fingerprint density at radius 1 is 0.581 bits per heavy atom. The van der Waals surface area contributed by atoms with E-state index in [4.69, 9.17) is 18.9 Å². The number of benzene rings is 3. The molecule has 4 nitrogen and oxygen atoms in total. The zero-order chi connectivity index (χ0) is 21.3. The van der Waals surface area contributed by atoms with Gasteiger partial charge in [0, 0.05) is 0 Å².